The predicted molar refractivity (Wildman–Crippen MR) is 129 cm³/mol. The molecule has 0 unspecified atom stereocenters. The normalized spacial score (nSPS) is 21.2. The summed E-state index contributed by atoms with van der Waals surface area (Å²) in [5, 5.41) is 8.29. The molecule has 0 amide bonds. The number of nitrogens with zero attached hydrogens (tertiary/aromatic N) is 3. The van der Waals surface area contributed by atoms with E-state index >= 15 is 0 Å². The van der Waals surface area contributed by atoms with Crippen LogP contribution in [0.3, 0.4) is 0 Å². The van der Waals surface area contributed by atoms with Gasteiger partial charge in [-0.1, -0.05) is 12.1 Å². The number of hydrogen-bond donors (Lipinski definition) is 1. The Morgan fingerprint density at radius 2 is 1.88 bits per heavy atom. The van der Waals surface area contributed by atoms with E-state index in [9.17, 15) is 0 Å². The molecule has 2 aliphatic rings. The third-order valence-electron chi connectivity index (χ3n) is 7.38. The van der Waals surface area contributed by atoms with Crippen molar-refractivity contribution in [2.75, 3.05) is 19.0 Å². The van der Waals surface area contributed by atoms with E-state index in [0.717, 1.165) is 23.9 Å². The molecule has 168 valence electrons. The van der Waals surface area contributed by atoms with E-state index in [1.165, 1.54) is 67.5 Å². The van der Waals surface area contributed by atoms with Crippen molar-refractivity contribution in [2.45, 2.75) is 63.8 Å². The van der Waals surface area contributed by atoms with Gasteiger partial charge in [0, 0.05) is 35.6 Å². The molecule has 3 aromatic rings. The maximum atomic E-state index is 5.36. The van der Waals surface area contributed by atoms with E-state index < -0.39 is 0 Å². The highest BCUT2D eigenvalue weighted by Crippen LogP contribution is 2.36. The van der Waals surface area contributed by atoms with Crippen LogP contribution in [-0.4, -0.2) is 28.4 Å². The minimum atomic E-state index is 0.575. The van der Waals surface area contributed by atoms with E-state index in [2.05, 4.69) is 57.7 Å². The molecule has 1 N–H and O–H groups in total. The first-order valence-corrected chi connectivity index (χ1v) is 12.1. The number of aryl methyl sites for hydroxylation is 1. The minimum absolute atomic E-state index is 0.575. The summed E-state index contributed by atoms with van der Waals surface area (Å²) in [6.07, 6.45) is 13.0. The second-order valence-corrected chi connectivity index (χ2v) is 9.50. The Labute approximate surface area is 191 Å². The highest BCUT2D eigenvalue weighted by Gasteiger charge is 2.24. The molecule has 2 heterocycles. The SMILES string of the molecule is COc1ccc([C@H]2CC[C@H](CNc3cccc(-c4cnn(C5CCC5)c4)c3)CC2)nc1C. The van der Waals surface area contributed by atoms with Crippen molar-refractivity contribution < 1.29 is 4.74 Å². The molecule has 0 aliphatic heterocycles. The van der Waals surface area contributed by atoms with Gasteiger partial charge in [-0.2, -0.15) is 5.10 Å². The van der Waals surface area contributed by atoms with Crippen molar-refractivity contribution in [2.24, 2.45) is 5.92 Å². The maximum Gasteiger partial charge on any atom is 0.140 e. The summed E-state index contributed by atoms with van der Waals surface area (Å²) in [6, 6.07) is 13.6. The summed E-state index contributed by atoms with van der Waals surface area (Å²) in [4.78, 5) is 4.80. The van der Waals surface area contributed by atoms with Crippen LogP contribution in [0.25, 0.3) is 11.1 Å². The largest absolute Gasteiger partial charge is 0.495 e. The van der Waals surface area contributed by atoms with Gasteiger partial charge in [0.25, 0.3) is 0 Å². The molecular formula is C27H34N4O. The molecule has 2 saturated carbocycles. The first kappa shape index (κ1) is 21.0. The Bertz CT molecular complexity index is 1050. The number of rotatable bonds is 7. The third kappa shape index (κ3) is 4.52. The predicted octanol–water partition coefficient (Wildman–Crippen LogP) is 6.37. The number of pyridine rings is 1. The van der Waals surface area contributed by atoms with Crippen LogP contribution < -0.4 is 10.1 Å². The van der Waals surface area contributed by atoms with Crippen molar-refractivity contribution >= 4 is 5.69 Å². The molecule has 0 bridgehead atoms. The summed E-state index contributed by atoms with van der Waals surface area (Å²) in [6.45, 7) is 3.07. The second kappa shape index (κ2) is 9.35. The highest BCUT2D eigenvalue weighted by molar-refractivity contribution is 5.67. The zero-order valence-corrected chi connectivity index (χ0v) is 19.3. The van der Waals surface area contributed by atoms with Gasteiger partial charge in [0.1, 0.15) is 5.75 Å². The summed E-state index contributed by atoms with van der Waals surface area (Å²) in [5.74, 6) is 2.17. The fraction of sp³-hybridized carbons (Fsp3) is 0.481. The van der Waals surface area contributed by atoms with Crippen molar-refractivity contribution in [1.29, 1.82) is 0 Å². The topological polar surface area (TPSA) is 52.0 Å². The third-order valence-corrected chi connectivity index (χ3v) is 7.38. The lowest BCUT2D eigenvalue weighted by Gasteiger charge is -2.29. The number of aromatic nitrogens is 3. The molecule has 0 saturated heterocycles. The molecule has 2 fully saturated rings. The smallest absolute Gasteiger partial charge is 0.140 e. The first-order chi connectivity index (χ1) is 15.7. The molecular weight excluding hydrogens is 396 g/mol. The summed E-state index contributed by atoms with van der Waals surface area (Å²) in [5.41, 5.74) is 5.87. The van der Waals surface area contributed by atoms with Gasteiger partial charge in [0.15, 0.2) is 0 Å². The fourth-order valence-electron chi connectivity index (χ4n) is 5.08. The van der Waals surface area contributed by atoms with Crippen molar-refractivity contribution in [3.8, 4) is 16.9 Å². The number of methoxy groups -OCH3 is 1. The Morgan fingerprint density at radius 3 is 2.59 bits per heavy atom. The van der Waals surface area contributed by atoms with Crippen molar-refractivity contribution in [3.05, 3.63) is 60.2 Å². The van der Waals surface area contributed by atoms with Crippen LogP contribution in [0, 0.1) is 12.8 Å². The molecule has 2 aromatic heterocycles. The first-order valence-electron chi connectivity index (χ1n) is 12.1. The molecule has 1 aromatic carbocycles. The molecule has 32 heavy (non-hydrogen) atoms. The Hall–Kier alpha value is -2.82. The van der Waals surface area contributed by atoms with E-state index in [0.29, 0.717) is 12.0 Å². The van der Waals surface area contributed by atoms with Gasteiger partial charge in [-0.15, -0.1) is 0 Å². The molecule has 5 nitrogen and oxygen atoms in total. The Balaban J connectivity index is 1.14. The van der Waals surface area contributed by atoms with Gasteiger partial charge in [0.2, 0.25) is 0 Å². The lowest BCUT2D eigenvalue weighted by atomic mass is 9.80. The zero-order valence-electron chi connectivity index (χ0n) is 19.3. The number of ether oxygens (including phenoxy) is 1. The summed E-state index contributed by atoms with van der Waals surface area (Å²) < 4.78 is 7.51. The Morgan fingerprint density at radius 1 is 1.03 bits per heavy atom. The second-order valence-electron chi connectivity index (χ2n) is 9.50. The van der Waals surface area contributed by atoms with Crippen LogP contribution in [0.5, 0.6) is 5.75 Å². The van der Waals surface area contributed by atoms with Crippen LogP contribution in [0.2, 0.25) is 0 Å². The van der Waals surface area contributed by atoms with Gasteiger partial charge >= 0.3 is 0 Å². The molecule has 0 spiro atoms. The lowest BCUT2D eigenvalue weighted by molar-refractivity contribution is 0.289. The molecule has 2 aliphatic carbocycles. The van der Waals surface area contributed by atoms with Gasteiger partial charge < -0.3 is 10.1 Å². The Kier molecular flexibility index (Phi) is 6.15. The van der Waals surface area contributed by atoms with Gasteiger partial charge in [-0.3, -0.25) is 9.67 Å². The summed E-state index contributed by atoms with van der Waals surface area (Å²) in [7, 11) is 1.71. The molecule has 0 atom stereocenters. The van der Waals surface area contributed by atoms with Crippen molar-refractivity contribution in [3.63, 3.8) is 0 Å². The van der Waals surface area contributed by atoms with E-state index in [1.807, 2.05) is 13.1 Å². The van der Waals surface area contributed by atoms with Gasteiger partial charge in [-0.25, -0.2) is 0 Å². The van der Waals surface area contributed by atoms with E-state index in [4.69, 9.17) is 9.72 Å². The fourth-order valence-corrected chi connectivity index (χ4v) is 5.08. The highest BCUT2D eigenvalue weighted by atomic mass is 16.5. The summed E-state index contributed by atoms with van der Waals surface area (Å²) >= 11 is 0. The lowest BCUT2D eigenvalue weighted by Crippen LogP contribution is -2.21. The minimum Gasteiger partial charge on any atom is -0.495 e. The molecule has 5 rings (SSSR count). The number of hydrogen-bond acceptors (Lipinski definition) is 4. The standard InChI is InChI=1S/C27H34N4O/c1-19-27(32-2)14-13-26(30-19)21-11-9-20(10-12-21)16-28-24-6-3-5-22(15-24)23-17-29-31(18-23)25-7-4-8-25/h3,5-6,13-15,17-18,20-21,25,28H,4,7-12,16H2,1-2H3/t20-,21-. The van der Waals surface area contributed by atoms with Crippen LogP contribution in [-0.2, 0) is 0 Å². The van der Waals surface area contributed by atoms with Crippen LogP contribution in [0.1, 0.15) is 68.3 Å². The van der Waals surface area contributed by atoms with Crippen LogP contribution in [0.15, 0.2) is 48.8 Å². The zero-order chi connectivity index (χ0) is 21.9. The van der Waals surface area contributed by atoms with Crippen LogP contribution in [0.4, 0.5) is 5.69 Å². The number of anilines is 1. The van der Waals surface area contributed by atoms with Gasteiger partial charge in [0.05, 0.1) is 25.0 Å². The number of nitrogens with one attached hydrogen (secondary N) is 1. The number of benzene rings is 1. The van der Waals surface area contributed by atoms with Crippen molar-refractivity contribution in [1.82, 2.24) is 14.8 Å². The molecule has 0 radical (unpaired) electrons. The van der Waals surface area contributed by atoms with E-state index in [1.54, 1.807) is 7.11 Å². The van der Waals surface area contributed by atoms with Gasteiger partial charge in [-0.05, 0) is 87.6 Å². The average molecular weight is 431 g/mol. The maximum absolute atomic E-state index is 5.36. The monoisotopic (exact) mass is 430 g/mol. The average Bonchev–Trinajstić information content (AvgIpc) is 3.26. The van der Waals surface area contributed by atoms with E-state index in [-0.39, 0.29) is 0 Å². The molecule has 5 heteroatoms. The quantitative estimate of drug-likeness (QED) is 0.473. The van der Waals surface area contributed by atoms with Crippen LogP contribution >= 0.6 is 0 Å².